The molecule has 0 aromatic rings. The van der Waals surface area contributed by atoms with E-state index < -0.39 is 12.7 Å². The Morgan fingerprint density at radius 1 is 1.24 bits per heavy atom. The molecule has 0 aromatic heterocycles. The smallest absolute Gasteiger partial charge is 0.307 e. The van der Waals surface area contributed by atoms with Crippen molar-refractivity contribution in [1.82, 2.24) is 10.2 Å². The SMILES string of the molecule is CC(CNCC(F)(F)F)N1CCC(C)(C)CC1. The Balaban J connectivity index is 2.23. The molecule has 0 bridgehead atoms. The van der Waals surface area contributed by atoms with E-state index in [0.717, 1.165) is 25.9 Å². The summed E-state index contributed by atoms with van der Waals surface area (Å²) >= 11 is 0. The topological polar surface area (TPSA) is 15.3 Å². The second-order valence-electron chi connectivity index (χ2n) is 5.80. The minimum absolute atomic E-state index is 0.174. The van der Waals surface area contributed by atoms with Crippen molar-refractivity contribution in [3.05, 3.63) is 0 Å². The molecule has 1 atom stereocenters. The van der Waals surface area contributed by atoms with Gasteiger partial charge in [-0.1, -0.05) is 13.8 Å². The third-order valence-corrected chi connectivity index (χ3v) is 3.54. The Bertz CT molecular complexity index is 228. The summed E-state index contributed by atoms with van der Waals surface area (Å²) in [6, 6.07) is 0.174. The molecule has 1 aliphatic heterocycles. The van der Waals surface area contributed by atoms with E-state index in [2.05, 4.69) is 24.1 Å². The van der Waals surface area contributed by atoms with Gasteiger partial charge in [0.05, 0.1) is 6.54 Å². The number of piperidine rings is 1. The molecule has 1 unspecified atom stereocenters. The average molecular weight is 252 g/mol. The van der Waals surface area contributed by atoms with Crippen LogP contribution < -0.4 is 5.32 Å². The fourth-order valence-electron chi connectivity index (χ4n) is 2.12. The van der Waals surface area contributed by atoms with Crippen LogP contribution in [0.15, 0.2) is 0 Å². The number of nitrogens with one attached hydrogen (secondary N) is 1. The van der Waals surface area contributed by atoms with Crippen LogP contribution in [0.2, 0.25) is 0 Å². The minimum atomic E-state index is -4.11. The molecule has 0 spiro atoms. The molecule has 1 aliphatic rings. The summed E-state index contributed by atoms with van der Waals surface area (Å²) in [6.07, 6.45) is -1.86. The maximum atomic E-state index is 12.0. The molecule has 0 aliphatic carbocycles. The number of rotatable bonds is 4. The number of nitrogens with zero attached hydrogens (tertiary/aromatic N) is 1. The molecule has 2 nitrogen and oxygen atoms in total. The zero-order chi connectivity index (χ0) is 13.1. The molecule has 0 aromatic carbocycles. The van der Waals surface area contributed by atoms with Crippen LogP contribution in [-0.4, -0.2) is 43.3 Å². The highest BCUT2D eigenvalue weighted by atomic mass is 19.4. The molecule has 5 heteroatoms. The van der Waals surface area contributed by atoms with Gasteiger partial charge in [0.15, 0.2) is 0 Å². The van der Waals surface area contributed by atoms with Crippen LogP contribution in [0.1, 0.15) is 33.6 Å². The predicted octanol–water partition coefficient (Wildman–Crippen LogP) is 2.65. The lowest BCUT2D eigenvalue weighted by Gasteiger charge is -2.40. The van der Waals surface area contributed by atoms with Gasteiger partial charge < -0.3 is 5.32 Å². The Kier molecular flexibility index (Phi) is 4.84. The summed E-state index contributed by atoms with van der Waals surface area (Å²) in [5, 5.41) is 2.48. The predicted molar refractivity (Wildman–Crippen MR) is 63.0 cm³/mol. The van der Waals surface area contributed by atoms with Crippen molar-refractivity contribution in [3.8, 4) is 0 Å². The van der Waals surface area contributed by atoms with E-state index in [0.29, 0.717) is 12.0 Å². The van der Waals surface area contributed by atoms with Gasteiger partial charge >= 0.3 is 6.18 Å². The molecule has 0 radical (unpaired) electrons. The molecule has 1 N–H and O–H groups in total. The van der Waals surface area contributed by atoms with E-state index in [9.17, 15) is 13.2 Å². The average Bonchev–Trinajstić information content (AvgIpc) is 2.15. The zero-order valence-electron chi connectivity index (χ0n) is 10.9. The molecule has 1 rings (SSSR count). The van der Waals surface area contributed by atoms with Crippen molar-refractivity contribution in [2.45, 2.75) is 45.8 Å². The van der Waals surface area contributed by atoms with Crippen LogP contribution in [0.3, 0.4) is 0 Å². The standard InChI is InChI=1S/C12H23F3N2/c1-10(8-16-9-12(13,14)15)17-6-4-11(2,3)5-7-17/h10,16H,4-9H2,1-3H3. The van der Waals surface area contributed by atoms with Gasteiger partial charge in [0.1, 0.15) is 0 Å². The van der Waals surface area contributed by atoms with Gasteiger partial charge in [-0.3, -0.25) is 4.90 Å². The van der Waals surface area contributed by atoms with Crippen LogP contribution in [-0.2, 0) is 0 Å². The quantitative estimate of drug-likeness (QED) is 0.827. The van der Waals surface area contributed by atoms with Crippen molar-refractivity contribution >= 4 is 0 Å². The largest absolute Gasteiger partial charge is 0.401 e. The minimum Gasteiger partial charge on any atom is -0.307 e. The van der Waals surface area contributed by atoms with Crippen LogP contribution in [0, 0.1) is 5.41 Å². The van der Waals surface area contributed by atoms with Gasteiger partial charge in [-0.25, -0.2) is 0 Å². The van der Waals surface area contributed by atoms with E-state index in [-0.39, 0.29) is 6.04 Å². The summed E-state index contributed by atoms with van der Waals surface area (Å²) in [4.78, 5) is 2.27. The highest BCUT2D eigenvalue weighted by Crippen LogP contribution is 2.30. The first-order chi connectivity index (χ1) is 7.70. The number of hydrogen-bond donors (Lipinski definition) is 1. The third-order valence-electron chi connectivity index (χ3n) is 3.54. The van der Waals surface area contributed by atoms with Crippen molar-refractivity contribution in [3.63, 3.8) is 0 Å². The van der Waals surface area contributed by atoms with Crippen molar-refractivity contribution < 1.29 is 13.2 Å². The van der Waals surface area contributed by atoms with E-state index in [4.69, 9.17) is 0 Å². The van der Waals surface area contributed by atoms with E-state index in [1.165, 1.54) is 0 Å². The first-order valence-electron chi connectivity index (χ1n) is 6.21. The van der Waals surface area contributed by atoms with Gasteiger partial charge in [0.2, 0.25) is 0 Å². The third kappa shape index (κ3) is 5.73. The number of likely N-dealkylation sites (tertiary alicyclic amines) is 1. The van der Waals surface area contributed by atoms with Crippen LogP contribution in [0.25, 0.3) is 0 Å². The first kappa shape index (κ1) is 14.8. The summed E-state index contributed by atoms with van der Waals surface area (Å²) < 4.78 is 35.9. The maximum Gasteiger partial charge on any atom is 0.401 e. The molecule has 1 heterocycles. The van der Waals surface area contributed by atoms with Crippen LogP contribution in [0.5, 0.6) is 0 Å². The highest BCUT2D eigenvalue weighted by molar-refractivity contribution is 4.82. The van der Waals surface area contributed by atoms with Crippen molar-refractivity contribution in [1.29, 1.82) is 0 Å². The maximum absolute atomic E-state index is 12.0. The Morgan fingerprint density at radius 3 is 2.24 bits per heavy atom. The van der Waals surface area contributed by atoms with Crippen LogP contribution in [0.4, 0.5) is 13.2 Å². The molecule has 0 saturated carbocycles. The second-order valence-corrected chi connectivity index (χ2v) is 5.80. The van der Waals surface area contributed by atoms with Crippen LogP contribution >= 0.6 is 0 Å². The molecule has 102 valence electrons. The van der Waals surface area contributed by atoms with E-state index >= 15 is 0 Å². The van der Waals surface area contributed by atoms with Crippen molar-refractivity contribution in [2.24, 2.45) is 5.41 Å². The molecular weight excluding hydrogens is 229 g/mol. The highest BCUT2D eigenvalue weighted by Gasteiger charge is 2.29. The Hall–Kier alpha value is -0.290. The monoisotopic (exact) mass is 252 g/mol. The number of halogens is 3. The summed E-state index contributed by atoms with van der Waals surface area (Å²) in [5.41, 5.74) is 0.385. The summed E-state index contributed by atoms with van der Waals surface area (Å²) in [5.74, 6) is 0. The van der Waals surface area contributed by atoms with E-state index in [1.54, 1.807) is 0 Å². The lowest BCUT2D eigenvalue weighted by molar-refractivity contribution is -0.125. The molecular formula is C12H23F3N2. The Labute approximate surface area is 102 Å². The van der Waals surface area contributed by atoms with Gasteiger partial charge in [-0.15, -0.1) is 0 Å². The molecule has 0 amide bonds. The van der Waals surface area contributed by atoms with Crippen molar-refractivity contribution in [2.75, 3.05) is 26.2 Å². The van der Waals surface area contributed by atoms with E-state index in [1.807, 2.05) is 6.92 Å². The second kappa shape index (κ2) is 5.57. The molecule has 17 heavy (non-hydrogen) atoms. The fourth-order valence-corrected chi connectivity index (χ4v) is 2.12. The van der Waals surface area contributed by atoms with Gasteiger partial charge in [0.25, 0.3) is 0 Å². The zero-order valence-corrected chi connectivity index (χ0v) is 10.9. The normalized spacial score (nSPS) is 23.6. The number of alkyl halides is 3. The van der Waals surface area contributed by atoms with Gasteiger partial charge in [-0.05, 0) is 38.3 Å². The van der Waals surface area contributed by atoms with Gasteiger partial charge in [0, 0.05) is 12.6 Å². The number of hydrogen-bond acceptors (Lipinski definition) is 2. The lowest BCUT2D eigenvalue weighted by Crippen LogP contribution is -2.47. The summed E-state index contributed by atoms with van der Waals surface area (Å²) in [7, 11) is 0. The Morgan fingerprint density at radius 2 is 1.76 bits per heavy atom. The fraction of sp³-hybridized carbons (Fsp3) is 1.00. The summed E-state index contributed by atoms with van der Waals surface area (Å²) in [6.45, 7) is 7.97. The molecule has 1 fully saturated rings. The molecule has 1 saturated heterocycles. The first-order valence-corrected chi connectivity index (χ1v) is 6.21. The van der Waals surface area contributed by atoms with Gasteiger partial charge in [-0.2, -0.15) is 13.2 Å². The lowest BCUT2D eigenvalue weighted by atomic mass is 9.82.